The topological polar surface area (TPSA) is 30.5 Å². The summed E-state index contributed by atoms with van der Waals surface area (Å²) < 4.78 is 10.2. The molecule has 0 rings (SSSR count). The summed E-state index contributed by atoms with van der Waals surface area (Å²) >= 11 is 0. The van der Waals surface area contributed by atoms with E-state index in [4.69, 9.17) is 9.47 Å². The summed E-state index contributed by atoms with van der Waals surface area (Å²) in [5.41, 5.74) is 0. The summed E-state index contributed by atoms with van der Waals surface area (Å²) in [7, 11) is 3.53. The summed E-state index contributed by atoms with van der Waals surface area (Å²) in [4.78, 5) is 0. The summed E-state index contributed by atoms with van der Waals surface area (Å²) in [6.07, 6.45) is 6.07. The van der Waals surface area contributed by atoms with Crippen LogP contribution in [0.1, 0.15) is 39.0 Å². The number of rotatable bonds is 11. The summed E-state index contributed by atoms with van der Waals surface area (Å²) in [6.45, 7) is 4.99. The number of methoxy groups -OCH3 is 2. The Morgan fingerprint density at radius 3 is 2.47 bits per heavy atom. The van der Waals surface area contributed by atoms with E-state index in [9.17, 15) is 0 Å². The molecule has 0 saturated heterocycles. The molecule has 0 aliphatic rings. The van der Waals surface area contributed by atoms with E-state index in [-0.39, 0.29) is 0 Å². The lowest BCUT2D eigenvalue weighted by molar-refractivity contribution is 0.159. The van der Waals surface area contributed by atoms with Crippen molar-refractivity contribution in [2.45, 2.75) is 45.1 Å². The van der Waals surface area contributed by atoms with Crippen molar-refractivity contribution in [1.29, 1.82) is 0 Å². The second kappa shape index (κ2) is 12.0. The van der Waals surface area contributed by atoms with E-state index in [1.54, 1.807) is 14.2 Å². The monoisotopic (exact) mass is 217 g/mol. The molecule has 0 aliphatic carbocycles. The van der Waals surface area contributed by atoms with Gasteiger partial charge in [0.1, 0.15) is 0 Å². The Labute approximate surface area is 94.5 Å². The number of hydrogen-bond donors (Lipinski definition) is 1. The standard InChI is InChI=1S/C12H27NO2/c1-4-9-13-12(11-15-3)8-6-5-7-10-14-2/h12-13H,4-11H2,1-3H3. The third kappa shape index (κ3) is 10.2. The first kappa shape index (κ1) is 14.9. The smallest absolute Gasteiger partial charge is 0.0615 e. The van der Waals surface area contributed by atoms with Crippen LogP contribution in [0.5, 0.6) is 0 Å². The maximum absolute atomic E-state index is 5.19. The first-order chi connectivity index (χ1) is 7.35. The van der Waals surface area contributed by atoms with Crippen LogP contribution in [0.3, 0.4) is 0 Å². The van der Waals surface area contributed by atoms with Gasteiger partial charge in [-0.1, -0.05) is 19.8 Å². The minimum absolute atomic E-state index is 0.525. The highest BCUT2D eigenvalue weighted by atomic mass is 16.5. The van der Waals surface area contributed by atoms with Gasteiger partial charge in [0.15, 0.2) is 0 Å². The molecule has 1 N–H and O–H groups in total. The molecule has 0 fully saturated rings. The van der Waals surface area contributed by atoms with Crippen LogP contribution in [-0.4, -0.2) is 40.0 Å². The molecule has 3 heteroatoms. The van der Waals surface area contributed by atoms with Crippen molar-refractivity contribution in [3.05, 3.63) is 0 Å². The first-order valence-electron chi connectivity index (χ1n) is 6.06. The molecular weight excluding hydrogens is 190 g/mol. The third-order valence-corrected chi connectivity index (χ3v) is 2.45. The zero-order chi connectivity index (χ0) is 11.4. The van der Waals surface area contributed by atoms with E-state index in [2.05, 4.69) is 12.2 Å². The quantitative estimate of drug-likeness (QED) is 0.538. The minimum Gasteiger partial charge on any atom is -0.385 e. The highest BCUT2D eigenvalue weighted by molar-refractivity contribution is 4.65. The molecule has 1 atom stereocenters. The van der Waals surface area contributed by atoms with E-state index in [0.29, 0.717) is 6.04 Å². The molecule has 0 spiro atoms. The molecule has 0 aromatic rings. The van der Waals surface area contributed by atoms with Crippen LogP contribution in [0.4, 0.5) is 0 Å². The Morgan fingerprint density at radius 1 is 1.07 bits per heavy atom. The van der Waals surface area contributed by atoms with Gasteiger partial charge in [-0.15, -0.1) is 0 Å². The normalized spacial score (nSPS) is 13.0. The molecule has 1 unspecified atom stereocenters. The lowest BCUT2D eigenvalue weighted by Gasteiger charge is -2.17. The highest BCUT2D eigenvalue weighted by Crippen LogP contribution is 2.04. The number of unbranched alkanes of at least 4 members (excludes halogenated alkanes) is 2. The second-order valence-corrected chi connectivity index (χ2v) is 3.95. The molecule has 0 amide bonds. The summed E-state index contributed by atoms with van der Waals surface area (Å²) in [6, 6.07) is 0.525. The van der Waals surface area contributed by atoms with Gasteiger partial charge >= 0.3 is 0 Å². The minimum atomic E-state index is 0.525. The van der Waals surface area contributed by atoms with Gasteiger partial charge in [0.2, 0.25) is 0 Å². The predicted octanol–water partition coefficient (Wildman–Crippen LogP) is 2.21. The molecule has 92 valence electrons. The molecule has 0 aromatic heterocycles. The molecule has 0 aromatic carbocycles. The molecule has 0 bridgehead atoms. The van der Waals surface area contributed by atoms with E-state index < -0.39 is 0 Å². The lowest BCUT2D eigenvalue weighted by atomic mass is 10.1. The number of hydrogen-bond acceptors (Lipinski definition) is 3. The van der Waals surface area contributed by atoms with Gasteiger partial charge in [-0.2, -0.15) is 0 Å². The predicted molar refractivity (Wildman–Crippen MR) is 64.3 cm³/mol. The van der Waals surface area contributed by atoms with Crippen LogP contribution in [0, 0.1) is 0 Å². The number of ether oxygens (including phenoxy) is 2. The van der Waals surface area contributed by atoms with Crippen molar-refractivity contribution >= 4 is 0 Å². The van der Waals surface area contributed by atoms with Crippen LogP contribution in [0.15, 0.2) is 0 Å². The summed E-state index contributed by atoms with van der Waals surface area (Å²) in [5.74, 6) is 0. The van der Waals surface area contributed by atoms with Crippen molar-refractivity contribution < 1.29 is 9.47 Å². The van der Waals surface area contributed by atoms with Gasteiger partial charge in [0.25, 0.3) is 0 Å². The van der Waals surface area contributed by atoms with Crippen molar-refractivity contribution in [3.8, 4) is 0 Å². The average Bonchev–Trinajstić information content (AvgIpc) is 2.25. The molecular formula is C12H27NO2. The van der Waals surface area contributed by atoms with Crippen molar-refractivity contribution in [2.24, 2.45) is 0 Å². The fourth-order valence-electron chi connectivity index (χ4n) is 1.61. The SMILES string of the molecule is CCCNC(CCCCCOC)COC. The lowest BCUT2D eigenvalue weighted by Crippen LogP contribution is -2.33. The van der Waals surface area contributed by atoms with Crippen LogP contribution < -0.4 is 5.32 Å². The van der Waals surface area contributed by atoms with E-state index >= 15 is 0 Å². The maximum atomic E-state index is 5.19. The van der Waals surface area contributed by atoms with E-state index in [1.807, 2.05) is 0 Å². The molecule has 15 heavy (non-hydrogen) atoms. The van der Waals surface area contributed by atoms with Crippen LogP contribution in [0.25, 0.3) is 0 Å². The average molecular weight is 217 g/mol. The summed E-state index contributed by atoms with van der Waals surface area (Å²) in [5, 5.41) is 3.50. The second-order valence-electron chi connectivity index (χ2n) is 3.95. The van der Waals surface area contributed by atoms with Gasteiger partial charge in [-0.05, 0) is 25.8 Å². The fraction of sp³-hybridized carbons (Fsp3) is 1.00. The molecule has 0 radical (unpaired) electrons. The Kier molecular flexibility index (Phi) is 11.9. The van der Waals surface area contributed by atoms with Crippen LogP contribution in [0.2, 0.25) is 0 Å². The molecule has 3 nitrogen and oxygen atoms in total. The third-order valence-electron chi connectivity index (χ3n) is 2.45. The van der Waals surface area contributed by atoms with Gasteiger partial charge < -0.3 is 14.8 Å². The van der Waals surface area contributed by atoms with Gasteiger partial charge in [0.05, 0.1) is 6.61 Å². The Morgan fingerprint density at radius 2 is 1.87 bits per heavy atom. The van der Waals surface area contributed by atoms with Crippen molar-refractivity contribution in [2.75, 3.05) is 34.0 Å². The van der Waals surface area contributed by atoms with E-state index in [1.165, 1.54) is 32.1 Å². The highest BCUT2D eigenvalue weighted by Gasteiger charge is 2.06. The first-order valence-corrected chi connectivity index (χ1v) is 6.06. The fourth-order valence-corrected chi connectivity index (χ4v) is 1.61. The number of nitrogens with one attached hydrogen (secondary N) is 1. The maximum Gasteiger partial charge on any atom is 0.0615 e. The van der Waals surface area contributed by atoms with Gasteiger partial charge in [0, 0.05) is 26.9 Å². The van der Waals surface area contributed by atoms with Crippen molar-refractivity contribution in [1.82, 2.24) is 5.32 Å². The Balaban J connectivity index is 3.38. The largest absolute Gasteiger partial charge is 0.385 e. The zero-order valence-electron chi connectivity index (χ0n) is 10.6. The van der Waals surface area contributed by atoms with Gasteiger partial charge in [-0.25, -0.2) is 0 Å². The van der Waals surface area contributed by atoms with Crippen LogP contribution in [-0.2, 0) is 9.47 Å². The van der Waals surface area contributed by atoms with E-state index in [0.717, 1.165) is 19.8 Å². The Hall–Kier alpha value is -0.120. The van der Waals surface area contributed by atoms with Crippen molar-refractivity contribution in [3.63, 3.8) is 0 Å². The molecule has 0 heterocycles. The Bertz CT molecular complexity index is 120. The molecule has 0 saturated carbocycles. The zero-order valence-corrected chi connectivity index (χ0v) is 10.6. The van der Waals surface area contributed by atoms with Crippen LogP contribution >= 0.6 is 0 Å². The van der Waals surface area contributed by atoms with Gasteiger partial charge in [-0.3, -0.25) is 0 Å². The molecule has 0 aliphatic heterocycles.